The maximum atomic E-state index is 12.8. The van der Waals surface area contributed by atoms with Crippen molar-refractivity contribution in [2.24, 2.45) is 11.8 Å². The molecular weight excluding hydrogens is 262 g/mol. The molecule has 0 bridgehead atoms. The highest BCUT2D eigenvalue weighted by molar-refractivity contribution is 5.82. The van der Waals surface area contributed by atoms with Gasteiger partial charge < -0.3 is 10.6 Å². The van der Waals surface area contributed by atoms with Crippen molar-refractivity contribution in [3.63, 3.8) is 0 Å². The summed E-state index contributed by atoms with van der Waals surface area (Å²) in [5, 5.41) is 6.89. The Bertz CT molecular complexity index is 373. The lowest BCUT2D eigenvalue weighted by Gasteiger charge is -2.35. The van der Waals surface area contributed by atoms with Crippen molar-refractivity contribution in [3.05, 3.63) is 0 Å². The summed E-state index contributed by atoms with van der Waals surface area (Å²) in [5.41, 5.74) is 0. The van der Waals surface area contributed by atoms with Gasteiger partial charge in [-0.2, -0.15) is 0 Å². The van der Waals surface area contributed by atoms with Crippen LogP contribution in [-0.4, -0.2) is 48.6 Å². The van der Waals surface area contributed by atoms with Crippen LogP contribution in [0.15, 0.2) is 0 Å². The summed E-state index contributed by atoms with van der Waals surface area (Å²) in [4.78, 5) is 15.3. The van der Waals surface area contributed by atoms with E-state index < -0.39 is 0 Å². The van der Waals surface area contributed by atoms with E-state index in [0.717, 1.165) is 37.9 Å². The van der Waals surface area contributed by atoms with E-state index in [-0.39, 0.29) is 6.04 Å². The second-order valence-electron chi connectivity index (χ2n) is 7.59. The normalized spacial score (nSPS) is 31.8. The fourth-order valence-corrected chi connectivity index (χ4v) is 4.44. The summed E-state index contributed by atoms with van der Waals surface area (Å²) >= 11 is 0. The molecule has 0 aromatic carbocycles. The first-order valence-electron chi connectivity index (χ1n) is 9.10. The molecule has 4 nitrogen and oxygen atoms in total. The van der Waals surface area contributed by atoms with Crippen molar-refractivity contribution in [2.75, 3.05) is 19.6 Å². The molecule has 2 N–H and O–H groups in total. The minimum Gasteiger partial charge on any atom is -0.351 e. The van der Waals surface area contributed by atoms with Gasteiger partial charge in [0.05, 0.1) is 6.04 Å². The summed E-state index contributed by atoms with van der Waals surface area (Å²) in [5.74, 6) is 1.94. The number of nitrogens with zero attached hydrogens (tertiary/aromatic N) is 1. The molecule has 2 aliphatic heterocycles. The molecule has 4 rings (SSSR count). The van der Waals surface area contributed by atoms with E-state index in [4.69, 9.17) is 0 Å². The Labute approximate surface area is 128 Å². The topological polar surface area (TPSA) is 44.4 Å². The van der Waals surface area contributed by atoms with Crippen molar-refractivity contribution in [1.29, 1.82) is 0 Å². The van der Waals surface area contributed by atoms with Crippen molar-refractivity contribution >= 4 is 5.91 Å². The number of carbonyl (C=O) groups is 1. The first kappa shape index (κ1) is 14.0. The molecule has 4 aliphatic rings. The highest BCUT2D eigenvalue weighted by Crippen LogP contribution is 2.44. The summed E-state index contributed by atoms with van der Waals surface area (Å²) < 4.78 is 0. The van der Waals surface area contributed by atoms with Crippen LogP contribution in [0.5, 0.6) is 0 Å². The average Bonchev–Trinajstić information content (AvgIpc) is 3.44. The van der Waals surface area contributed by atoms with Gasteiger partial charge in [-0.1, -0.05) is 0 Å². The van der Waals surface area contributed by atoms with Crippen LogP contribution in [0.1, 0.15) is 51.4 Å². The molecule has 0 radical (unpaired) electrons. The van der Waals surface area contributed by atoms with Crippen LogP contribution < -0.4 is 10.6 Å². The first-order valence-corrected chi connectivity index (χ1v) is 9.10. The van der Waals surface area contributed by atoms with Gasteiger partial charge in [-0.3, -0.25) is 9.69 Å². The molecule has 2 heterocycles. The van der Waals surface area contributed by atoms with E-state index in [1.165, 1.54) is 44.9 Å². The van der Waals surface area contributed by atoms with Crippen LogP contribution in [-0.2, 0) is 4.79 Å². The van der Waals surface area contributed by atoms with Gasteiger partial charge in [0.2, 0.25) is 5.91 Å². The van der Waals surface area contributed by atoms with Crippen molar-refractivity contribution < 1.29 is 4.79 Å². The molecule has 1 unspecified atom stereocenters. The third kappa shape index (κ3) is 3.11. The smallest absolute Gasteiger partial charge is 0.237 e. The van der Waals surface area contributed by atoms with Crippen molar-refractivity contribution in [2.45, 2.75) is 69.5 Å². The molecule has 2 saturated carbocycles. The minimum absolute atomic E-state index is 0.160. The Morgan fingerprint density at radius 1 is 1.00 bits per heavy atom. The van der Waals surface area contributed by atoms with E-state index in [1.54, 1.807) is 0 Å². The van der Waals surface area contributed by atoms with Crippen LogP contribution in [0.25, 0.3) is 0 Å². The van der Waals surface area contributed by atoms with Crippen LogP contribution in [0, 0.1) is 11.8 Å². The zero-order valence-corrected chi connectivity index (χ0v) is 13.0. The Morgan fingerprint density at radius 3 is 2.29 bits per heavy atom. The molecule has 1 atom stereocenters. The maximum absolute atomic E-state index is 12.8. The van der Waals surface area contributed by atoms with Gasteiger partial charge in [0.15, 0.2) is 0 Å². The zero-order valence-electron chi connectivity index (χ0n) is 13.0. The summed E-state index contributed by atoms with van der Waals surface area (Å²) in [6.45, 7) is 3.35. The Kier molecular flexibility index (Phi) is 3.92. The molecule has 0 aromatic rings. The molecule has 4 heteroatoms. The molecule has 0 spiro atoms. The predicted octanol–water partition coefficient (Wildman–Crippen LogP) is 1.51. The van der Waals surface area contributed by atoms with Crippen molar-refractivity contribution in [1.82, 2.24) is 15.5 Å². The highest BCUT2D eigenvalue weighted by Gasteiger charge is 2.44. The molecule has 4 fully saturated rings. The fraction of sp³-hybridized carbons (Fsp3) is 0.941. The maximum Gasteiger partial charge on any atom is 0.237 e. The van der Waals surface area contributed by atoms with Crippen LogP contribution in [0.2, 0.25) is 0 Å². The molecular formula is C17H29N3O. The van der Waals surface area contributed by atoms with Crippen LogP contribution in [0.3, 0.4) is 0 Å². The van der Waals surface area contributed by atoms with Gasteiger partial charge in [-0.15, -0.1) is 0 Å². The number of amides is 1. The fourth-order valence-electron chi connectivity index (χ4n) is 4.44. The number of rotatable bonds is 5. The van der Waals surface area contributed by atoms with E-state index in [2.05, 4.69) is 15.5 Å². The second-order valence-corrected chi connectivity index (χ2v) is 7.59. The van der Waals surface area contributed by atoms with Gasteiger partial charge in [0.1, 0.15) is 0 Å². The quantitative estimate of drug-likeness (QED) is 0.807. The van der Waals surface area contributed by atoms with E-state index in [9.17, 15) is 4.79 Å². The summed E-state index contributed by atoms with van der Waals surface area (Å²) in [6, 6.07) is 1.30. The lowest BCUT2D eigenvalue weighted by atomic mass is 10.0. The van der Waals surface area contributed by atoms with Crippen molar-refractivity contribution in [3.8, 4) is 0 Å². The number of likely N-dealkylation sites (tertiary alicyclic amines) is 1. The summed E-state index contributed by atoms with van der Waals surface area (Å²) in [7, 11) is 0. The third-order valence-electron chi connectivity index (χ3n) is 5.94. The lowest BCUT2D eigenvalue weighted by molar-refractivity contribution is -0.127. The molecule has 2 saturated heterocycles. The lowest BCUT2D eigenvalue weighted by Crippen LogP contribution is -2.53. The Morgan fingerprint density at radius 2 is 1.67 bits per heavy atom. The molecule has 118 valence electrons. The number of carbonyl (C=O) groups excluding carboxylic acids is 1. The number of hydrogen-bond donors (Lipinski definition) is 2. The zero-order chi connectivity index (χ0) is 14.2. The van der Waals surface area contributed by atoms with Gasteiger partial charge >= 0.3 is 0 Å². The number of nitrogens with one attached hydrogen (secondary N) is 2. The average molecular weight is 291 g/mol. The number of piperidine rings is 1. The predicted molar refractivity (Wildman–Crippen MR) is 83.0 cm³/mol. The monoisotopic (exact) mass is 291 g/mol. The largest absolute Gasteiger partial charge is 0.351 e. The van der Waals surface area contributed by atoms with Gasteiger partial charge in [0, 0.05) is 12.1 Å². The van der Waals surface area contributed by atoms with Crippen LogP contribution >= 0.6 is 0 Å². The van der Waals surface area contributed by atoms with E-state index in [1.807, 2.05) is 0 Å². The molecule has 21 heavy (non-hydrogen) atoms. The standard InChI is InChI=1S/C17H29N3O/c21-17(19-16(12-3-4-12)13-5-6-13)15-2-1-11-20(15)14-7-9-18-10-8-14/h12-16,18H,1-11H2,(H,19,21). The third-order valence-corrected chi connectivity index (χ3v) is 5.94. The highest BCUT2D eigenvalue weighted by atomic mass is 16.2. The molecule has 2 aliphatic carbocycles. The van der Waals surface area contributed by atoms with E-state index in [0.29, 0.717) is 18.0 Å². The molecule has 1 amide bonds. The van der Waals surface area contributed by atoms with Gasteiger partial charge in [0.25, 0.3) is 0 Å². The van der Waals surface area contributed by atoms with Gasteiger partial charge in [-0.25, -0.2) is 0 Å². The Balaban J connectivity index is 1.37. The minimum atomic E-state index is 0.160. The Hall–Kier alpha value is -0.610. The number of hydrogen-bond acceptors (Lipinski definition) is 3. The SMILES string of the molecule is O=C(NC(C1CC1)C1CC1)C1CCCN1C1CCNCC1. The second kappa shape index (κ2) is 5.88. The first-order chi connectivity index (χ1) is 10.3. The molecule has 0 aromatic heterocycles. The van der Waals surface area contributed by atoms with Crippen LogP contribution in [0.4, 0.5) is 0 Å². The van der Waals surface area contributed by atoms with Gasteiger partial charge in [-0.05, 0) is 82.8 Å². The summed E-state index contributed by atoms with van der Waals surface area (Å²) in [6.07, 6.45) is 10.0. The van der Waals surface area contributed by atoms with E-state index >= 15 is 0 Å².